The first-order valence-corrected chi connectivity index (χ1v) is 11.5. The van der Waals surface area contributed by atoms with Crippen LogP contribution in [0.2, 0.25) is 5.02 Å². The van der Waals surface area contributed by atoms with Gasteiger partial charge in [0, 0.05) is 55.9 Å². The highest BCUT2D eigenvalue weighted by atomic mass is 35.5. The molecule has 0 spiro atoms. The van der Waals surface area contributed by atoms with Crippen LogP contribution in [0.3, 0.4) is 0 Å². The number of carbonyl (C=O) groups excluding carboxylic acids is 1. The summed E-state index contributed by atoms with van der Waals surface area (Å²) in [6, 6.07) is 7.75. The molecule has 0 atom stereocenters. The molecule has 156 valence electrons. The minimum Gasteiger partial charge on any atom is -0.368 e. The average Bonchev–Trinajstić information content (AvgIpc) is 3.29. The first-order valence-electron chi connectivity index (χ1n) is 9.73. The van der Waals surface area contributed by atoms with Gasteiger partial charge < -0.3 is 14.8 Å². The monoisotopic (exact) mass is 437 g/mol. The lowest BCUT2D eigenvalue weighted by Gasteiger charge is -2.39. The predicted octanol–water partition coefficient (Wildman–Crippen LogP) is 1.81. The smallest absolute Gasteiger partial charge is 0.260 e. The van der Waals surface area contributed by atoms with Crippen molar-refractivity contribution in [3.05, 3.63) is 41.8 Å². The van der Waals surface area contributed by atoms with Crippen molar-refractivity contribution in [1.29, 1.82) is 0 Å². The number of hydrogen-bond donors (Lipinski definition) is 1. The molecule has 2 aromatic rings. The maximum atomic E-state index is 12.9. The van der Waals surface area contributed by atoms with Gasteiger partial charge in [-0.3, -0.25) is 4.79 Å². The van der Waals surface area contributed by atoms with E-state index in [1.165, 1.54) is 16.8 Å². The molecule has 0 bridgehead atoms. The van der Waals surface area contributed by atoms with E-state index in [0.29, 0.717) is 44.0 Å². The van der Waals surface area contributed by atoms with Gasteiger partial charge in [-0.25, -0.2) is 13.4 Å². The minimum absolute atomic E-state index is 0.0967. The molecule has 0 saturated carbocycles. The van der Waals surface area contributed by atoms with Crippen LogP contribution in [0, 0.1) is 5.92 Å². The SMILES string of the molecule is O=C(C1CCN(S(=O)(=O)c2cnc[nH]2)CC1)N1CCN(c2cccc(Cl)c2)CC1. The first kappa shape index (κ1) is 20.2. The van der Waals surface area contributed by atoms with E-state index in [2.05, 4.69) is 14.9 Å². The minimum atomic E-state index is -3.56. The zero-order chi connectivity index (χ0) is 20.4. The van der Waals surface area contributed by atoms with Crippen LogP contribution in [0.15, 0.2) is 41.8 Å². The topological polar surface area (TPSA) is 89.6 Å². The third-order valence-electron chi connectivity index (χ3n) is 5.66. The predicted molar refractivity (Wildman–Crippen MR) is 110 cm³/mol. The maximum Gasteiger partial charge on any atom is 0.260 e. The van der Waals surface area contributed by atoms with Crippen molar-refractivity contribution in [1.82, 2.24) is 19.2 Å². The second kappa shape index (κ2) is 8.33. The van der Waals surface area contributed by atoms with Crippen LogP contribution in [0.4, 0.5) is 5.69 Å². The second-order valence-electron chi connectivity index (χ2n) is 7.39. The van der Waals surface area contributed by atoms with Crippen LogP contribution >= 0.6 is 11.6 Å². The molecule has 1 aromatic heterocycles. The Morgan fingerprint density at radius 1 is 1.10 bits per heavy atom. The average molecular weight is 438 g/mol. The van der Waals surface area contributed by atoms with Crippen LogP contribution < -0.4 is 4.90 Å². The number of imidazole rings is 1. The Hall–Kier alpha value is -2.10. The summed E-state index contributed by atoms with van der Waals surface area (Å²) in [6.07, 6.45) is 3.75. The fourth-order valence-electron chi connectivity index (χ4n) is 3.98. The number of aromatic nitrogens is 2. The fraction of sp³-hybridized carbons (Fsp3) is 0.474. The molecule has 2 aliphatic heterocycles. The number of H-pyrrole nitrogens is 1. The summed E-state index contributed by atoms with van der Waals surface area (Å²) in [5.41, 5.74) is 1.07. The standard InChI is InChI=1S/C19H24ClN5O3S/c20-16-2-1-3-17(12-16)23-8-10-24(11-9-23)19(26)15-4-6-25(7-5-15)29(27,28)18-13-21-14-22-18/h1-3,12-15H,4-11H2,(H,21,22). The normalized spacial score (nSPS) is 19.5. The molecule has 4 rings (SSSR count). The van der Waals surface area contributed by atoms with Crippen molar-refractivity contribution >= 4 is 33.2 Å². The zero-order valence-electron chi connectivity index (χ0n) is 16.0. The maximum absolute atomic E-state index is 12.9. The lowest BCUT2D eigenvalue weighted by atomic mass is 9.96. The number of piperidine rings is 1. The molecule has 10 heteroatoms. The van der Waals surface area contributed by atoms with Gasteiger partial charge in [0.2, 0.25) is 5.91 Å². The summed E-state index contributed by atoms with van der Waals surface area (Å²) in [5, 5.41) is 0.803. The van der Waals surface area contributed by atoms with Gasteiger partial charge in [-0.2, -0.15) is 4.31 Å². The van der Waals surface area contributed by atoms with E-state index in [1.807, 2.05) is 29.2 Å². The van der Waals surface area contributed by atoms with Gasteiger partial charge in [-0.15, -0.1) is 0 Å². The number of amides is 1. The van der Waals surface area contributed by atoms with Crippen LogP contribution in [0.1, 0.15) is 12.8 Å². The molecule has 29 heavy (non-hydrogen) atoms. The lowest BCUT2D eigenvalue weighted by Crippen LogP contribution is -2.52. The van der Waals surface area contributed by atoms with Crippen molar-refractivity contribution in [2.45, 2.75) is 17.9 Å². The molecule has 8 nitrogen and oxygen atoms in total. The molecular formula is C19H24ClN5O3S. The summed E-state index contributed by atoms with van der Waals surface area (Å²) in [7, 11) is -3.56. The molecule has 0 radical (unpaired) electrons. The second-order valence-corrected chi connectivity index (χ2v) is 9.73. The Balaban J connectivity index is 1.30. The molecule has 0 unspecified atom stereocenters. The largest absolute Gasteiger partial charge is 0.368 e. The van der Waals surface area contributed by atoms with Crippen LogP contribution in [-0.2, 0) is 14.8 Å². The van der Waals surface area contributed by atoms with Gasteiger partial charge in [0.05, 0.1) is 12.5 Å². The van der Waals surface area contributed by atoms with Gasteiger partial charge in [-0.05, 0) is 31.0 Å². The number of carbonyl (C=O) groups is 1. The highest BCUT2D eigenvalue weighted by Gasteiger charge is 2.35. The molecule has 2 aliphatic rings. The number of nitrogens with one attached hydrogen (secondary N) is 1. The third-order valence-corrected chi connectivity index (χ3v) is 7.72. The van der Waals surface area contributed by atoms with Gasteiger partial charge in [-0.1, -0.05) is 17.7 Å². The molecule has 2 fully saturated rings. The van der Waals surface area contributed by atoms with Gasteiger partial charge >= 0.3 is 0 Å². The van der Waals surface area contributed by atoms with E-state index in [4.69, 9.17) is 11.6 Å². The summed E-state index contributed by atoms with van der Waals surface area (Å²) >= 11 is 6.08. The number of hydrogen-bond acceptors (Lipinski definition) is 5. The number of halogens is 1. The van der Waals surface area contributed by atoms with Crippen molar-refractivity contribution in [3.63, 3.8) is 0 Å². The Kier molecular flexibility index (Phi) is 5.80. The summed E-state index contributed by atoms with van der Waals surface area (Å²) < 4.78 is 26.6. The number of nitrogens with zero attached hydrogens (tertiary/aromatic N) is 4. The number of rotatable bonds is 4. The number of anilines is 1. The van der Waals surface area contributed by atoms with Crippen molar-refractivity contribution in [2.75, 3.05) is 44.2 Å². The fourth-order valence-corrected chi connectivity index (χ4v) is 5.53. The number of benzene rings is 1. The van der Waals surface area contributed by atoms with E-state index in [1.54, 1.807) is 0 Å². The number of piperazine rings is 1. The summed E-state index contributed by atoms with van der Waals surface area (Å²) in [5.74, 6) is 0.00951. The van der Waals surface area contributed by atoms with E-state index in [-0.39, 0.29) is 16.9 Å². The number of aromatic amines is 1. The van der Waals surface area contributed by atoms with Crippen LogP contribution in [0.25, 0.3) is 0 Å². The van der Waals surface area contributed by atoms with E-state index in [9.17, 15) is 13.2 Å². The zero-order valence-corrected chi connectivity index (χ0v) is 17.6. The highest BCUT2D eigenvalue weighted by Crippen LogP contribution is 2.26. The Morgan fingerprint density at radius 3 is 2.45 bits per heavy atom. The Morgan fingerprint density at radius 2 is 1.83 bits per heavy atom. The first-order chi connectivity index (χ1) is 13.9. The molecule has 2 saturated heterocycles. The van der Waals surface area contributed by atoms with E-state index >= 15 is 0 Å². The quantitative estimate of drug-likeness (QED) is 0.787. The molecule has 1 amide bonds. The molecular weight excluding hydrogens is 414 g/mol. The van der Waals surface area contributed by atoms with Gasteiger partial charge in [0.15, 0.2) is 5.03 Å². The molecule has 1 N–H and O–H groups in total. The van der Waals surface area contributed by atoms with Gasteiger partial charge in [0.1, 0.15) is 0 Å². The van der Waals surface area contributed by atoms with Crippen molar-refractivity contribution in [3.8, 4) is 0 Å². The molecule has 1 aromatic carbocycles. The third kappa shape index (κ3) is 4.26. The summed E-state index contributed by atoms with van der Waals surface area (Å²) in [6.45, 7) is 3.55. The van der Waals surface area contributed by atoms with Crippen LogP contribution in [-0.4, -0.2) is 72.8 Å². The van der Waals surface area contributed by atoms with Crippen LogP contribution in [0.5, 0.6) is 0 Å². The number of sulfonamides is 1. The van der Waals surface area contributed by atoms with Crippen molar-refractivity contribution < 1.29 is 13.2 Å². The highest BCUT2D eigenvalue weighted by molar-refractivity contribution is 7.89. The van der Waals surface area contributed by atoms with E-state index < -0.39 is 10.0 Å². The lowest BCUT2D eigenvalue weighted by molar-refractivity contribution is -0.137. The van der Waals surface area contributed by atoms with Crippen molar-refractivity contribution in [2.24, 2.45) is 5.92 Å². The van der Waals surface area contributed by atoms with E-state index in [0.717, 1.165) is 18.8 Å². The molecule has 0 aliphatic carbocycles. The summed E-state index contributed by atoms with van der Waals surface area (Å²) in [4.78, 5) is 23.5. The Bertz CT molecular complexity index is 950. The Labute approximate surface area is 175 Å². The molecule has 3 heterocycles. The van der Waals surface area contributed by atoms with Gasteiger partial charge in [0.25, 0.3) is 10.0 Å².